The van der Waals surface area contributed by atoms with E-state index in [1.165, 1.54) is 16.7 Å². The summed E-state index contributed by atoms with van der Waals surface area (Å²) in [6.07, 6.45) is 4.75. The second kappa shape index (κ2) is 5.71. The number of nitrogens with zero attached hydrogens (tertiary/aromatic N) is 1. The van der Waals surface area contributed by atoms with Crippen molar-refractivity contribution in [3.8, 4) is 0 Å². The fourth-order valence-corrected chi connectivity index (χ4v) is 4.36. The minimum atomic E-state index is -1.00. The Morgan fingerprint density at radius 1 is 1.43 bits per heavy atom. The van der Waals surface area contributed by atoms with Gasteiger partial charge in [-0.15, -0.1) is 11.8 Å². The van der Waals surface area contributed by atoms with Gasteiger partial charge in [0.15, 0.2) is 0 Å². The van der Waals surface area contributed by atoms with Crippen molar-refractivity contribution in [2.75, 3.05) is 0 Å². The molecule has 2 saturated heterocycles. The van der Waals surface area contributed by atoms with Crippen molar-refractivity contribution >= 4 is 29.5 Å². The van der Waals surface area contributed by atoms with Gasteiger partial charge in [-0.3, -0.25) is 9.59 Å². The molecule has 21 heavy (non-hydrogen) atoms. The largest absolute Gasteiger partial charge is 0.480 e. The number of hydrogen-bond donors (Lipinski definition) is 2. The summed E-state index contributed by atoms with van der Waals surface area (Å²) < 4.78 is -0.562. The summed E-state index contributed by atoms with van der Waals surface area (Å²) >= 11 is 1.43. The molecule has 2 N–H and O–H groups in total. The van der Waals surface area contributed by atoms with Crippen molar-refractivity contribution in [2.24, 2.45) is 0 Å². The van der Waals surface area contributed by atoms with Crippen LogP contribution in [0.25, 0.3) is 0 Å². The van der Waals surface area contributed by atoms with Gasteiger partial charge in [0.25, 0.3) is 0 Å². The molecular weight excluding hydrogens is 292 g/mol. The summed E-state index contributed by atoms with van der Waals surface area (Å²) in [5.41, 5.74) is 0. The Morgan fingerprint density at radius 3 is 2.67 bits per heavy atom. The maximum absolute atomic E-state index is 12.1. The maximum Gasteiger partial charge on any atom is 0.327 e. The van der Waals surface area contributed by atoms with E-state index in [0.29, 0.717) is 0 Å². The molecule has 0 aliphatic carbocycles. The molecule has 0 radical (unpaired) electrons. The third kappa shape index (κ3) is 2.79. The molecule has 3 unspecified atom stereocenters. The van der Waals surface area contributed by atoms with Gasteiger partial charge >= 0.3 is 5.97 Å². The van der Waals surface area contributed by atoms with E-state index in [2.05, 4.69) is 5.32 Å². The number of carboxylic acid groups (broad SMARTS) is 1. The highest BCUT2D eigenvalue weighted by molar-refractivity contribution is 8.01. The number of aliphatic carboxylic acids is 1. The van der Waals surface area contributed by atoms with E-state index >= 15 is 0 Å². The van der Waals surface area contributed by atoms with Gasteiger partial charge in [0.1, 0.15) is 17.5 Å². The van der Waals surface area contributed by atoms with Crippen LogP contribution in [0.15, 0.2) is 12.2 Å². The Bertz CT molecular complexity index is 503. The zero-order valence-corrected chi connectivity index (χ0v) is 13.1. The van der Waals surface area contributed by atoms with Crippen LogP contribution in [0.1, 0.15) is 33.6 Å². The third-order valence-corrected chi connectivity index (χ3v) is 5.27. The zero-order chi connectivity index (χ0) is 15.8. The van der Waals surface area contributed by atoms with E-state index in [1.54, 1.807) is 6.08 Å². The number of allylic oxidation sites excluding steroid dienone is 1. The molecule has 116 valence electrons. The fourth-order valence-electron chi connectivity index (χ4n) is 2.73. The Labute approximate surface area is 127 Å². The van der Waals surface area contributed by atoms with Crippen LogP contribution in [-0.2, 0) is 14.4 Å². The van der Waals surface area contributed by atoms with Gasteiger partial charge in [-0.25, -0.2) is 4.79 Å². The number of amides is 2. The highest BCUT2D eigenvalue weighted by Gasteiger charge is 2.64. The normalized spacial score (nSPS) is 30.1. The molecule has 0 saturated carbocycles. The van der Waals surface area contributed by atoms with Crippen molar-refractivity contribution in [1.82, 2.24) is 10.2 Å². The highest BCUT2D eigenvalue weighted by atomic mass is 32.2. The van der Waals surface area contributed by atoms with Gasteiger partial charge < -0.3 is 15.3 Å². The predicted molar refractivity (Wildman–Crippen MR) is 79.7 cm³/mol. The van der Waals surface area contributed by atoms with Gasteiger partial charge in [0, 0.05) is 11.2 Å². The van der Waals surface area contributed by atoms with Crippen molar-refractivity contribution in [1.29, 1.82) is 0 Å². The lowest BCUT2D eigenvalue weighted by atomic mass is 9.96. The van der Waals surface area contributed by atoms with Crippen LogP contribution in [0, 0.1) is 0 Å². The minimum absolute atomic E-state index is 0.213. The molecule has 2 amide bonds. The highest BCUT2D eigenvalue weighted by Crippen LogP contribution is 2.50. The Hall–Kier alpha value is -1.50. The summed E-state index contributed by atoms with van der Waals surface area (Å²) in [6, 6.07) is -1.45. The topological polar surface area (TPSA) is 86.7 Å². The first-order valence-electron chi connectivity index (χ1n) is 6.96. The fraction of sp³-hybridized carbons (Fsp3) is 0.643. The summed E-state index contributed by atoms with van der Waals surface area (Å²) in [4.78, 5) is 36.6. The van der Waals surface area contributed by atoms with Gasteiger partial charge in [-0.2, -0.15) is 0 Å². The minimum Gasteiger partial charge on any atom is -0.480 e. The smallest absolute Gasteiger partial charge is 0.327 e. The van der Waals surface area contributed by atoms with Crippen molar-refractivity contribution in [2.45, 2.75) is 55.8 Å². The second-order valence-electron chi connectivity index (χ2n) is 5.73. The summed E-state index contributed by atoms with van der Waals surface area (Å²) in [5, 5.41) is 11.7. The van der Waals surface area contributed by atoms with E-state index in [-0.39, 0.29) is 23.6 Å². The number of hydrogen-bond acceptors (Lipinski definition) is 4. The number of carboxylic acids is 1. The number of carbonyl (C=O) groups is 3. The van der Waals surface area contributed by atoms with Crippen LogP contribution >= 0.6 is 11.8 Å². The van der Waals surface area contributed by atoms with E-state index in [1.807, 2.05) is 26.8 Å². The van der Waals surface area contributed by atoms with Crippen LogP contribution in [-0.4, -0.2) is 50.0 Å². The number of carbonyl (C=O) groups excluding carboxylic acids is 2. The number of β-lactam (4-membered cyclic amide) rings is 1. The van der Waals surface area contributed by atoms with Crippen molar-refractivity contribution in [3.05, 3.63) is 12.2 Å². The molecular formula is C14H20N2O4S. The van der Waals surface area contributed by atoms with E-state index in [9.17, 15) is 19.5 Å². The van der Waals surface area contributed by atoms with Crippen LogP contribution in [0.3, 0.4) is 0 Å². The molecule has 7 heteroatoms. The molecule has 0 bridgehead atoms. The quantitative estimate of drug-likeness (QED) is 0.583. The van der Waals surface area contributed by atoms with E-state index in [0.717, 1.165) is 6.42 Å². The van der Waals surface area contributed by atoms with E-state index < -0.39 is 22.8 Å². The lowest BCUT2D eigenvalue weighted by Gasteiger charge is -2.43. The molecule has 2 aliphatic rings. The van der Waals surface area contributed by atoms with Crippen LogP contribution in [0.4, 0.5) is 0 Å². The van der Waals surface area contributed by atoms with Crippen molar-refractivity contribution in [3.63, 3.8) is 0 Å². The first-order chi connectivity index (χ1) is 9.79. The van der Waals surface area contributed by atoms with Gasteiger partial charge in [0.2, 0.25) is 11.8 Å². The molecule has 0 aromatic carbocycles. The number of rotatable bonds is 5. The Balaban J connectivity index is 2.01. The SMILES string of the molecule is CC/C=C/CC(=O)NC1C(=O)N2C1SC(C)(C)C2C(=O)O. The summed E-state index contributed by atoms with van der Waals surface area (Å²) in [6.45, 7) is 5.60. The number of nitrogens with one attached hydrogen (secondary N) is 1. The first kappa shape index (κ1) is 15.9. The van der Waals surface area contributed by atoms with Gasteiger partial charge in [0.05, 0.1) is 0 Å². The van der Waals surface area contributed by atoms with Crippen molar-refractivity contribution < 1.29 is 19.5 Å². The van der Waals surface area contributed by atoms with Crippen LogP contribution in [0.5, 0.6) is 0 Å². The van der Waals surface area contributed by atoms with Crippen LogP contribution < -0.4 is 5.32 Å². The molecule has 0 aromatic rings. The molecule has 0 spiro atoms. The third-order valence-electron chi connectivity index (χ3n) is 3.70. The maximum atomic E-state index is 12.1. The monoisotopic (exact) mass is 312 g/mol. The Morgan fingerprint density at radius 2 is 2.10 bits per heavy atom. The first-order valence-corrected chi connectivity index (χ1v) is 7.84. The molecule has 2 rings (SSSR count). The lowest BCUT2D eigenvalue weighted by Crippen LogP contribution is -2.70. The number of thioether (sulfide) groups is 1. The summed E-state index contributed by atoms with van der Waals surface area (Å²) in [5.74, 6) is -1.52. The lowest BCUT2D eigenvalue weighted by molar-refractivity contribution is -0.161. The molecule has 0 aromatic heterocycles. The number of fused-ring (bicyclic) bond motifs is 1. The predicted octanol–water partition coefficient (Wildman–Crippen LogP) is 0.974. The van der Waals surface area contributed by atoms with E-state index in [4.69, 9.17) is 0 Å². The molecule has 2 heterocycles. The van der Waals surface area contributed by atoms with Gasteiger partial charge in [-0.05, 0) is 20.3 Å². The molecule has 3 atom stereocenters. The standard InChI is InChI=1S/C14H20N2O4S/c1-4-5-6-7-8(17)15-9-11(18)16-10(13(19)20)14(2,3)21-12(9)16/h5-6,9-10,12H,4,7H2,1-3H3,(H,15,17)(H,19,20)/b6-5+. The Kier molecular flexibility index (Phi) is 4.32. The average Bonchev–Trinajstić information content (AvgIpc) is 2.65. The van der Waals surface area contributed by atoms with Crippen LogP contribution in [0.2, 0.25) is 0 Å². The van der Waals surface area contributed by atoms with Gasteiger partial charge in [-0.1, -0.05) is 19.1 Å². The average molecular weight is 312 g/mol. The molecule has 6 nitrogen and oxygen atoms in total. The second-order valence-corrected chi connectivity index (χ2v) is 7.50. The zero-order valence-electron chi connectivity index (χ0n) is 12.3. The molecule has 2 aliphatic heterocycles. The molecule has 2 fully saturated rings. The summed E-state index contributed by atoms with van der Waals surface area (Å²) in [7, 11) is 0.